The third kappa shape index (κ3) is 2.72. The smallest absolute Gasteiger partial charge is 0.0352 e. The average Bonchev–Trinajstić information content (AvgIpc) is 2.03. The van der Waals surface area contributed by atoms with E-state index in [-0.39, 0.29) is 0 Å². The fourth-order valence-corrected chi connectivity index (χ4v) is 1.88. The Morgan fingerprint density at radius 2 is 1.80 bits per heavy atom. The van der Waals surface area contributed by atoms with Crippen molar-refractivity contribution in [2.75, 3.05) is 0 Å². The van der Waals surface area contributed by atoms with Crippen LogP contribution in [0.2, 0.25) is 0 Å². The average molecular weight is 138 g/mol. The highest BCUT2D eigenvalue weighted by Gasteiger charge is 2.11. The number of hydrogen-bond donors (Lipinski definition) is 0. The van der Waals surface area contributed by atoms with Gasteiger partial charge in [-0.2, -0.15) is 0 Å². The van der Waals surface area contributed by atoms with Crippen molar-refractivity contribution in [3.05, 3.63) is 6.92 Å². The quantitative estimate of drug-likeness (QED) is 0.560. The van der Waals surface area contributed by atoms with E-state index in [4.69, 9.17) is 6.92 Å². The first kappa shape index (κ1) is 8.10. The Morgan fingerprint density at radius 3 is 2.40 bits per heavy atom. The van der Waals surface area contributed by atoms with Gasteiger partial charge in [0, 0.05) is 0 Å². The van der Waals surface area contributed by atoms with Gasteiger partial charge in [0.15, 0.2) is 0 Å². The van der Waals surface area contributed by atoms with E-state index >= 15 is 0 Å². The molecule has 0 bridgehead atoms. The lowest BCUT2D eigenvalue weighted by Gasteiger charge is -2.20. The first-order chi connectivity index (χ1) is 4.93. The van der Waals surface area contributed by atoms with Gasteiger partial charge in [-0.25, -0.2) is 0 Å². The number of unbranched alkanes of at least 4 members (excludes halogenated alkanes) is 1. The molecule has 0 unspecified atom stereocenters. The van der Waals surface area contributed by atoms with E-state index in [0.717, 1.165) is 12.3 Å². The van der Waals surface area contributed by atoms with Crippen LogP contribution in [0.5, 0.6) is 0 Å². The molecule has 1 fully saturated rings. The molecule has 0 nitrogen and oxygen atoms in total. The summed E-state index contributed by atoms with van der Waals surface area (Å²) in [5.41, 5.74) is 0. The van der Waals surface area contributed by atoms with Gasteiger partial charge in [-0.3, -0.25) is 0 Å². The zero-order chi connectivity index (χ0) is 7.23. The molecule has 2 radical (unpaired) electrons. The lowest BCUT2D eigenvalue weighted by molar-refractivity contribution is 0.333. The minimum absolute atomic E-state index is 0.885. The molecule has 58 valence electrons. The van der Waals surface area contributed by atoms with E-state index in [1.54, 1.807) is 0 Å². The second-order valence-corrected chi connectivity index (χ2v) is 3.43. The van der Waals surface area contributed by atoms with Crippen LogP contribution in [0.25, 0.3) is 0 Å². The van der Waals surface area contributed by atoms with Crippen molar-refractivity contribution in [2.24, 2.45) is 5.92 Å². The van der Waals surface area contributed by atoms with Crippen LogP contribution < -0.4 is 0 Å². The van der Waals surface area contributed by atoms with Crippen molar-refractivity contribution >= 4 is 0 Å². The van der Waals surface area contributed by atoms with Crippen LogP contribution in [0.1, 0.15) is 51.4 Å². The zero-order valence-electron chi connectivity index (χ0n) is 6.81. The maximum absolute atomic E-state index is 5.45. The van der Waals surface area contributed by atoms with E-state index in [2.05, 4.69) is 0 Å². The van der Waals surface area contributed by atoms with Gasteiger partial charge in [-0.15, -0.1) is 0 Å². The number of rotatable bonds is 3. The summed E-state index contributed by atoms with van der Waals surface area (Å²) in [5.74, 6) is 1.03. The van der Waals surface area contributed by atoms with E-state index in [1.165, 1.54) is 44.9 Å². The Kier molecular flexibility index (Phi) is 3.86. The van der Waals surface area contributed by atoms with Gasteiger partial charge in [0.05, 0.1) is 0 Å². The number of hydrogen-bond acceptors (Lipinski definition) is 0. The van der Waals surface area contributed by atoms with Gasteiger partial charge >= 0.3 is 0 Å². The summed E-state index contributed by atoms with van der Waals surface area (Å²) in [4.78, 5) is 0. The Bertz CT molecular complexity index is 70.1. The molecule has 0 atom stereocenters. The summed E-state index contributed by atoms with van der Waals surface area (Å²) in [7, 11) is 0. The van der Waals surface area contributed by atoms with Gasteiger partial charge in [0.1, 0.15) is 0 Å². The first-order valence-corrected chi connectivity index (χ1v) is 4.63. The fourth-order valence-electron chi connectivity index (χ4n) is 1.88. The van der Waals surface area contributed by atoms with Crippen LogP contribution in [-0.2, 0) is 0 Å². The van der Waals surface area contributed by atoms with Crippen LogP contribution in [0, 0.1) is 12.8 Å². The highest BCUT2D eigenvalue weighted by molar-refractivity contribution is 4.65. The molecule has 0 aromatic rings. The topological polar surface area (TPSA) is 0 Å². The van der Waals surface area contributed by atoms with Gasteiger partial charge in [-0.1, -0.05) is 44.9 Å². The second-order valence-electron chi connectivity index (χ2n) is 3.43. The summed E-state index contributed by atoms with van der Waals surface area (Å²) >= 11 is 0. The maximum Gasteiger partial charge on any atom is -0.0352 e. The molecule has 1 saturated carbocycles. The Morgan fingerprint density at radius 1 is 1.10 bits per heavy atom. The van der Waals surface area contributed by atoms with Crippen molar-refractivity contribution in [2.45, 2.75) is 51.4 Å². The Labute approximate surface area is 65.0 Å². The molecule has 1 rings (SSSR count). The third-order valence-corrected chi connectivity index (χ3v) is 2.54. The highest BCUT2D eigenvalue weighted by atomic mass is 14.2. The SMILES string of the molecule is [CH]CCCC1CCCCC1. The predicted molar refractivity (Wildman–Crippen MR) is 44.7 cm³/mol. The van der Waals surface area contributed by atoms with Crippen LogP contribution >= 0.6 is 0 Å². The molecule has 0 heterocycles. The second kappa shape index (κ2) is 4.76. The molecule has 1 aliphatic carbocycles. The normalized spacial score (nSPS) is 21.3. The molecule has 0 aromatic heterocycles. The molecule has 1 aliphatic rings. The van der Waals surface area contributed by atoms with Crippen molar-refractivity contribution in [3.8, 4) is 0 Å². The van der Waals surface area contributed by atoms with E-state index in [1.807, 2.05) is 0 Å². The molecule has 0 saturated heterocycles. The maximum atomic E-state index is 5.45. The molecule has 0 N–H and O–H groups in total. The minimum atomic E-state index is 0.885. The Balaban J connectivity index is 2.02. The highest BCUT2D eigenvalue weighted by Crippen LogP contribution is 2.27. The van der Waals surface area contributed by atoms with E-state index in [9.17, 15) is 0 Å². The molecule has 0 aliphatic heterocycles. The summed E-state index contributed by atoms with van der Waals surface area (Å²) in [6, 6.07) is 0. The molecule has 0 amide bonds. The monoisotopic (exact) mass is 138 g/mol. The Hall–Kier alpha value is 0. The van der Waals surface area contributed by atoms with Crippen LogP contribution in [-0.4, -0.2) is 0 Å². The van der Waals surface area contributed by atoms with Crippen LogP contribution in [0.15, 0.2) is 0 Å². The molecule has 0 spiro atoms. The predicted octanol–water partition coefficient (Wildman–Crippen LogP) is 3.45. The lowest BCUT2D eigenvalue weighted by atomic mass is 9.86. The van der Waals surface area contributed by atoms with E-state index < -0.39 is 0 Å². The van der Waals surface area contributed by atoms with Crippen molar-refractivity contribution < 1.29 is 0 Å². The first-order valence-electron chi connectivity index (χ1n) is 4.63. The summed E-state index contributed by atoms with van der Waals surface area (Å²) in [5, 5.41) is 0. The lowest BCUT2D eigenvalue weighted by Crippen LogP contribution is -2.05. The molecular formula is C10H18. The van der Waals surface area contributed by atoms with Gasteiger partial charge in [-0.05, 0) is 19.3 Å². The van der Waals surface area contributed by atoms with E-state index in [0.29, 0.717) is 0 Å². The van der Waals surface area contributed by atoms with Gasteiger partial charge in [0.25, 0.3) is 0 Å². The molecule has 0 heteroatoms. The molecular weight excluding hydrogens is 120 g/mol. The third-order valence-electron chi connectivity index (χ3n) is 2.54. The van der Waals surface area contributed by atoms with Crippen molar-refractivity contribution in [3.63, 3.8) is 0 Å². The zero-order valence-corrected chi connectivity index (χ0v) is 6.81. The standard InChI is InChI=1S/C10H18/c1-2-3-7-10-8-5-4-6-9-10/h1,10H,2-9H2. The van der Waals surface area contributed by atoms with Gasteiger partial charge < -0.3 is 0 Å². The van der Waals surface area contributed by atoms with Crippen LogP contribution in [0.3, 0.4) is 0 Å². The largest absolute Gasteiger partial charge is 0.0533 e. The minimum Gasteiger partial charge on any atom is -0.0533 e. The van der Waals surface area contributed by atoms with Crippen molar-refractivity contribution in [1.29, 1.82) is 0 Å². The van der Waals surface area contributed by atoms with Crippen molar-refractivity contribution in [1.82, 2.24) is 0 Å². The van der Waals surface area contributed by atoms with Gasteiger partial charge in [0.2, 0.25) is 0 Å². The summed E-state index contributed by atoms with van der Waals surface area (Å²) < 4.78 is 0. The molecule has 10 heavy (non-hydrogen) atoms. The fraction of sp³-hybridized carbons (Fsp3) is 0.900. The summed E-state index contributed by atoms with van der Waals surface area (Å²) in [6.07, 6.45) is 10.9. The summed E-state index contributed by atoms with van der Waals surface area (Å²) in [6.45, 7) is 5.45. The van der Waals surface area contributed by atoms with Crippen LogP contribution in [0.4, 0.5) is 0 Å². The molecule has 0 aromatic carbocycles.